The van der Waals surface area contributed by atoms with Crippen LogP contribution in [0.4, 0.5) is 0 Å². The smallest absolute Gasteiger partial charge is 0.267 e. The Labute approximate surface area is 152 Å². The van der Waals surface area contributed by atoms with E-state index in [0.717, 1.165) is 31.8 Å². The Kier molecular flexibility index (Phi) is 4.62. The average molecular weight is 353 g/mol. The first-order chi connectivity index (χ1) is 12.7. The highest BCUT2D eigenvalue weighted by Crippen LogP contribution is 2.24. The fourth-order valence-corrected chi connectivity index (χ4v) is 3.56. The summed E-state index contributed by atoms with van der Waals surface area (Å²) in [6.45, 7) is 3.13. The predicted molar refractivity (Wildman–Crippen MR) is 96.4 cm³/mol. The summed E-state index contributed by atoms with van der Waals surface area (Å²) in [5.41, 5.74) is 1.87. The molecule has 0 aromatic carbocycles. The van der Waals surface area contributed by atoms with Gasteiger partial charge in [-0.25, -0.2) is 0 Å². The van der Waals surface area contributed by atoms with Gasteiger partial charge in [-0.2, -0.15) is 5.10 Å². The van der Waals surface area contributed by atoms with Crippen LogP contribution in [0.2, 0.25) is 0 Å². The van der Waals surface area contributed by atoms with Crippen molar-refractivity contribution in [2.24, 2.45) is 7.05 Å². The Bertz CT molecular complexity index is 864. The second kappa shape index (κ2) is 7.21. The molecule has 7 nitrogen and oxygen atoms in total. The molecule has 1 atom stereocenters. The summed E-state index contributed by atoms with van der Waals surface area (Å²) in [7, 11) is 1.87. The first-order valence-corrected chi connectivity index (χ1v) is 8.87. The number of nitrogens with one attached hydrogen (secondary N) is 1. The number of aryl methyl sites for hydroxylation is 1. The number of carbonyl (C=O) groups excluding carboxylic acids is 1. The summed E-state index contributed by atoms with van der Waals surface area (Å²) in [4.78, 5) is 14.6. The van der Waals surface area contributed by atoms with Crippen LogP contribution in [0, 0.1) is 0 Å². The first-order valence-electron chi connectivity index (χ1n) is 8.87. The molecule has 3 aromatic rings. The molecule has 1 aliphatic rings. The van der Waals surface area contributed by atoms with Crippen molar-refractivity contribution < 1.29 is 9.21 Å². The summed E-state index contributed by atoms with van der Waals surface area (Å²) in [6, 6.07) is 9.91. The summed E-state index contributed by atoms with van der Waals surface area (Å²) < 4.78 is 9.40. The number of aromatic nitrogens is 3. The van der Waals surface area contributed by atoms with E-state index in [1.165, 1.54) is 5.69 Å². The summed E-state index contributed by atoms with van der Waals surface area (Å²) in [5.74, 6) is 0.926. The largest absolute Gasteiger partial charge is 0.468 e. The highest BCUT2D eigenvalue weighted by atomic mass is 16.3. The Morgan fingerprint density at radius 2 is 2.27 bits per heavy atom. The number of hydrogen-bond donors (Lipinski definition) is 1. The van der Waals surface area contributed by atoms with Crippen molar-refractivity contribution in [1.82, 2.24) is 24.6 Å². The van der Waals surface area contributed by atoms with Crippen molar-refractivity contribution in [3.05, 3.63) is 66.1 Å². The second-order valence-electron chi connectivity index (χ2n) is 6.72. The van der Waals surface area contributed by atoms with Gasteiger partial charge < -0.3 is 14.3 Å². The molecule has 0 spiro atoms. The van der Waals surface area contributed by atoms with Crippen molar-refractivity contribution in [2.75, 3.05) is 13.1 Å². The van der Waals surface area contributed by atoms with Gasteiger partial charge >= 0.3 is 0 Å². The number of hydrogen-bond acceptors (Lipinski definition) is 4. The normalized spacial score (nSPS) is 17.2. The maximum atomic E-state index is 12.3. The van der Waals surface area contributed by atoms with Crippen LogP contribution in [0.15, 0.2) is 53.4 Å². The molecule has 0 radical (unpaired) electrons. The molecule has 1 aliphatic heterocycles. The number of fused-ring (bicyclic) bond motifs is 1. The van der Waals surface area contributed by atoms with Crippen molar-refractivity contribution in [3.63, 3.8) is 0 Å². The number of rotatable bonds is 6. The van der Waals surface area contributed by atoms with E-state index < -0.39 is 0 Å². The van der Waals surface area contributed by atoms with E-state index in [-0.39, 0.29) is 11.9 Å². The summed E-state index contributed by atoms with van der Waals surface area (Å²) in [5, 5.41) is 7.50. The van der Waals surface area contributed by atoms with Gasteiger partial charge in [0, 0.05) is 39.1 Å². The maximum absolute atomic E-state index is 12.3. The number of furan rings is 1. The molecule has 4 rings (SSSR count). The van der Waals surface area contributed by atoms with Gasteiger partial charge in [-0.3, -0.25) is 14.4 Å². The van der Waals surface area contributed by atoms with Crippen LogP contribution in [0.3, 0.4) is 0 Å². The number of carbonyl (C=O) groups is 1. The van der Waals surface area contributed by atoms with E-state index in [2.05, 4.69) is 26.1 Å². The zero-order valence-corrected chi connectivity index (χ0v) is 14.8. The van der Waals surface area contributed by atoms with Gasteiger partial charge in [0.15, 0.2) is 0 Å². The molecule has 4 heterocycles. The first kappa shape index (κ1) is 16.7. The van der Waals surface area contributed by atoms with E-state index in [9.17, 15) is 4.79 Å². The number of nitrogens with zero attached hydrogens (tertiary/aromatic N) is 4. The molecule has 26 heavy (non-hydrogen) atoms. The fourth-order valence-electron chi connectivity index (χ4n) is 3.56. The van der Waals surface area contributed by atoms with Crippen LogP contribution in [0.5, 0.6) is 0 Å². The molecule has 0 saturated carbocycles. The lowest BCUT2D eigenvalue weighted by molar-refractivity contribution is 0.0938. The van der Waals surface area contributed by atoms with Gasteiger partial charge in [-0.05, 0) is 36.8 Å². The average Bonchev–Trinajstić information content (AvgIpc) is 3.36. The minimum Gasteiger partial charge on any atom is -0.468 e. The summed E-state index contributed by atoms with van der Waals surface area (Å²) >= 11 is 0. The molecule has 0 aliphatic carbocycles. The molecular formula is C19H23N5O2. The van der Waals surface area contributed by atoms with Gasteiger partial charge in [-0.15, -0.1) is 0 Å². The topological polar surface area (TPSA) is 68.2 Å². The molecule has 3 aromatic heterocycles. The van der Waals surface area contributed by atoms with Crippen molar-refractivity contribution >= 4 is 5.91 Å². The lowest BCUT2D eigenvalue weighted by Gasteiger charge is -2.33. The van der Waals surface area contributed by atoms with E-state index in [0.29, 0.717) is 12.2 Å². The molecule has 1 amide bonds. The third kappa shape index (κ3) is 3.43. The Morgan fingerprint density at radius 3 is 3.04 bits per heavy atom. The zero-order valence-electron chi connectivity index (χ0n) is 14.8. The van der Waals surface area contributed by atoms with Crippen LogP contribution >= 0.6 is 0 Å². The molecule has 136 valence electrons. The molecule has 1 N–H and O–H groups in total. The quantitative estimate of drug-likeness (QED) is 0.738. The molecule has 7 heteroatoms. The fraction of sp³-hybridized carbons (Fsp3) is 0.368. The van der Waals surface area contributed by atoms with E-state index >= 15 is 0 Å². The van der Waals surface area contributed by atoms with Crippen LogP contribution < -0.4 is 5.32 Å². The maximum Gasteiger partial charge on any atom is 0.267 e. The molecular weight excluding hydrogens is 330 g/mol. The third-order valence-corrected chi connectivity index (χ3v) is 4.85. The van der Waals surface area contributed by atoms with Crippen LogP contribution in [-0.4, -0.2) is 38.2 Å². The Hall–Kier alpha value is -2.80. The van der Waals surface area contributed by atoms with E-state index in [1.807, 2.05) is 48.3 Å². The van der Waals surface area contributed by atoms with Gasteiger partial charge in [0.2, 0.25) is 0 Å². The lowest BCUT2D eigenvalue weighted by Crippen LogP contribution is -2.39. The standard InChI is InChI=1S/C19H23N5O2/c1-22-10-2-5-18(22)19(25)20-8-6-15-12-23(14-17-4-3-11-26-17)13-16-7-9-21-24(15)16/h2-5,7,9-11,15H,6,8,12-14H2,1H3,(H,20,25)/t15-/m0/s1. The van der Waals surface area contributed by atoms with Gasteiger partial charge in [0.25, 0.3) is 5.91 Å². The van der Waals surface area contributed by atoms with E-state index in [4.69, 9.17) is 4.42 Å². The Morgan fingerprint density at radius 1 is 1.35 bits per heavy atom. The Balaban J connectivity index is 1.37. The van der Waals surface area contributed by atoms with E-state index in [1.54, 1.807) is 6.26 Å². The molecule has 0 bridgehead atoms. The lowest BCUT2D eigenvalue weighted by atomic mass is 10.1. The van der Waals surface area contributed by atoms with Crippen LogP contribution in [0.1, 0.15) is 34.4 Å². The molecule has 0 saturated heterocycles. The highest BCUT2D eigenvalue weighted by Gasteiger charge is 2.26. The van der Waals surface area contributed by atoms with Gasteiger partial charge in [0.05, 0.1) is 24.5 Å². The molecule has 0 unspecified atom stereocenters. The monoisotopic (exact) mass is 353 g/mol. The molecule has 0 fully saturated rings. The van der Waals surface area contributed by atoms with Crippen LogP contribution in [-0.2, 0) is 20.1 Å². The van der Waals surface area contributed by atoms with Gasteiger partial charge in [-0.1, -0.05) is 0 Å². The third-order valence-electron chi connectivity index (χ3n) is 4.85. The van der Waals surface area contributed by atoms with Crippen molar-refractivity contribution in [1.29, 1.82) is 0 Å². The minimum absolute atomic E-state index is 0.0403. The van der Waals surface area contributed by atoms with Gasteiger partial charge in [0.1, 0.15) is 11.5 Å². The van der Waals surface area contributed by atoms with Crippen LogP contribution in [0.25, 0.3) is 0 Å². The SMILES string of the molecule is Cn1cccc1C(=O)NCC[C@H]1CN(Cc2ccco2)Cc2ccnn21. The highest BCUT2D eigenvalue weighted by molar-refractivity contribution is 5.92. The predicted octanol–water partition coefficient (Wildman–Crippen LogP) is 2.19. The van der Waals surface area contributed by atoms with Crippen molar-refractivity contribution in [2.45, 2.75) is 25.6 Å². The number of amides is 1. The zero-order chi connectivity index (χ0) is 17.9. The minimum atomic E-state index is -0.0403. The second-order valence-corrected chi connectivity index (χ2v) is 6.72. The van der Waals surface area contributed by atoms with Crippen molar-refractivity contribution in [3.8, 4) is 0 Å². The summed E-state index contributed by atoms with van der Waals surface area (Å²) in [6.07, 6.45) is 6.26.